The van der Waals surface area contributed by atoms with Crippen LogP contribution in [-0.2, 0) is 0 Å². The molecule has 2 aromatic carbocycles. The van der Waals surface area contributed by atoms with Gasteiger partial charge in [-0.3, -0.25) is 4.39 Å². The number of halogens is 1. The summed E-state index contributed by atoms with van der Waals surface area (Å²) in [6.45, 7) is -0.156. The van der Waals surface area contributed by atoms with Crippen molar-refractivity contribution in [2.24, 2.45) is 5.92 Å². The van der Waals surface area contributed by atoms with Crippen LogP contribution in [0.15, 0.2) is 48.5 Å². The predicted octanol–water partition coefficient (Wildman–Crippen LogP) is 6.42. The van der Waals surface area contributed by atoms with Gasteiger partial charge in [-0.2, -0.15) is 0 Å². The van der Waals surface area contributed by atoms with Crippen LogP contribution in [0.1, 0.15) is 50.0 Å². The highest BCUT2D eigenvalue weighted by Gasteiger charge is 2.22. The van der Waals surface area contributed by atoms with Crippen molar-refractivity contribution in [3.63, 3.8) is 0 Å². The summed E-state index contributed by atoms with van der Waals surface area (Å²) < 4.78 is 12.3. The molecule has 0 amide bonds. The molecule has 2 heteroatoms. The van der Waals surface area contributed by atoms with E-state index in [1.807, 2.05) is 7.05 Å². The molecule has 0 unspecified atom stereocenters. The van der Waals surface area contributed by atoms with Crippen molar-refractivity contribution in [3.05, 3.63) is 54.1 Å². The van der Waals surface area contributed by atoms with Crippen LogP contribution in [-0.4, -0.2) is 13.7 Å². The maximum atomic E-state index is 12.3. The molecule has 128 valence electrons. The highest BCUT2D eigenvalue weighted by Crippen LogP contribution is 2.38. The van der Waals surface area contributed by atoms with Crippen molar-refractivity contribution in [2.75, 3.05) is 19.0 Å². The molecule has 1 aliphatic carbocycles. The molecular formula is C22H28FN. The minimum Gasteiger partial charge on any atom is -0.388 e. The van der Waals surface area contributed by atoms with Crippen molar-refractivity contribution in [2.45, 2.75) is 44.4 Å². The van der Waals surface area contributed by atoms with Gasteiger partial charge in [-0.25, -0.2) is 0 Å². The second kappa shape index (κ2) is 8.32. The maximum absolute atomic E-state index is 12.3. The first-order valence-corrected chi connectivity index (χ1v) is 9.24. The molecule has 1 N–H and O–H groups in total. The first-order chi connectivity index (χ1) is 11.8. The summed E-state index contributed by atoms with van der Waals surface area (Å²) >= 11 is 0. The summed E-state index contributed by atoms with van der Waals surface area (Å²) in [7, 11) is 1.94. The molecule has 2 aromatic rings. The fourth-order valence-corrected chi connectivity index (χ4v) is 3.93. The van der Waals surface area contributed by atoms with Crippen LogP contribution in [0.4, 0.5) is 10.1 Å². The Morgan fingerprint density at radius 1 is 0.875 bits per heavy atom. The van der Waals surface area contributed by atoms with Crippen LogP contribution in [0.3, 0.4) is 0 Å². The van der Waals surface area contributed by atoms with E-state index in [9.17, 15) is 4.39 Å². The molecule has 0 atom stereocenters. The van der Waals surface area contributed by atoms with Crippen LogP contribution in [0, 0.1) is 5.92 Å². The Balaban J connectivity index is 1.60. The summed E-state index contributed by atoms with van der Waals surface area (Å²) in [5.41, 5.74) is 5.14. The third-order valence-corrected chi connectivity index (χ3v) is 5.48. The highest BCUT2D eigenvalue weighted by molar-refractivity contribution is 5.66. The van der Waals surface area contributed by atoms with Gasteiger partial charge in [0.15, 0.2) is 0 Å². The van der Waals surface area contributed by atoms with Gasteiger partial charge in [0.1, 0.15) is 0 Å². The van der Waals surface area contributed by atoms with Crippen LogP contribution >= 0.6 is 0 Å². The molecule has 0 aromatic heterocycles. The van der Waals surface area contributed by atoms with Crippen LogP contribution in [0.2, 0.25) is 0 Å². The van der Waals surface area contributed by atoms with Crippen LogP contribution < -0.4 is 5.32 Å². The summed E-state index contributed by atoms with van der Waals surface area (Å²) in [4.78, 5) is 0. The molecule has 1 saturated carbocycles. The lowest BCUT2D eigenvalue weighted by Gasteiger charge is -2.28. The van der Waals surface area contributed by atoms with E-state index in [4.69, 9.17) is 0 Å². The first kappa shape index (κ1) is 17.0. The number of alkyl halides is 1. The van der Waals surface area contributed by atoms with E-state index >= 15 is 0 Å². The predicted molar refractivity (Wildman–Crippen MR) is 101 cm³/mol. The van der Waals surface area contributed by atoms with E-state index in [2.05, 4.69) is 53.8 Å². The minimum absolute atomic E-state index is 0.156. The lowest BCUT2D eigenvalue weighted by molar-refractivity contribution is 0.293. The summed E-state index contributed by atoms with van der Waals surface area (Å²) in [6, 6.07) is 17.7. The lowest BCUT2D eigenvalue weighted by atomic mass is 9.77. The van der Waals surface area contributed by atoms with E-state index in [1.54, 1.807) is 0 Å². The quantitative estimate of drug-likeness (QED) is 0.646. The SMILES string of the molecule is CNc1ccc(-c2ccc(C3CCC(CCCF)CC3)cc2)cc1. The van der Waals surface area contributed by atoms with Crippen molar-refractivity contribution in [3.8, 4) is 11.1 Å². The minimum atomic E-state index is -0.156. The average molecular weight is 325 g/mol. The summed E-state index contributed by atoms with van der Waals surface area (Å²) in [5, 5.41) is 3.15. The molecule has 0 heterocycles. The number of hydrogen-bond donors (Lipinski definition) is 1. The van der Waals surface area contributed by atoms with E-state index in [1.165, 1.54) is 42.4 Å². The zero-order valence-corrected chi connectivity index (χ0v) is 14.6. The number of nitrogens with one attached hydrogen (secondary N) is 1. The topological polar surface area (TPSA) is 12.0 Å². The summed E-state index contributed by atoms with van der Waals surface area (Å²) in [5.74, 6) is 1.44. The Labute approximate surface area is 145 Å². The Morgan fingerprint density at radius 2 is 1.46 bits per heavy atom. The lowest BCUT2D eigenvalue weighted by Crippen LogP contribution is -2.13. The fraction of sp³-hybridized carbons (Fsp3) is 0.455. The normalized spacial score (nSPS) is 20.8. The zero-order chi connectivity index (χ0) is 16.8. The van der Waals surface area contributed by atoms with Gasteiger partial charge in [0.2, 0.25) is 0 Å². The van der Waals surface area contributed by atoms with Gasteiger partial charge in [-0.15, -0.1) is 0 Å². The number of benzene rings is 2. The molecule has 24 heavy (non-hydrogen) atoms. The molecule has 0 radical (unpaired) electrons. The number of hydrogen-bond acceptors (Lipinski definition) is 1. The standard InChI is InChI=1S/C22H28FN/c1-24-22-14-12-21(13-15-22)20-10-8-19(9-11-20)18-6-4-17(5-7-18)3-2-16-23/h8-15,17-18,24H,2-7,16H2,1H3. The van der Waals surface area contributed by atoms with Crippen molar-refractivity contribution in [1.29, 1.82) is 0 Å². The van der Waals surface area contributed by atoms with Gasteiger partial charge in [0, 0.05) is 12.7 Å². The molecule has 0 bridgehead atoms. The van der Waals surface area contributed by atoms with Gasteiger partial charge in [-0.05, 0) is 79.2 Å². The van der Waals surface area contributed by atoms with Crippen molar-refractivity contribution < 1.29 is 4.39 Å². The van der Waals surface area contributed by atoms with Crippen LogP contribution in [0.25, 0.3) is 11.1 Å². The molecular weight excluding hydrogens is 297 g/mol. The number of rotatable bonds is 6. The van der Waals surface area contributed by atoms with Gasteiger partial charge >= 0.3 is 0 Å². The fourth-order valence-electron chi connectivity index (χ4n) is 3.93. The Hall–Kier alpha value is -1.83. The molecule has 0 aliphatic heterocycles. The van der Waals surface area contributed by atoms with E-state index in [-0.39, 0.29) is 6.67 Å². The Bertz CT molecular complexity index is 609. The average Bonchev–Trinajstić information content (AvgIpc) is 2.67. The molecule has 1 fully saturated rings. The molecule has 0 saturated heterocycles. The smallest absolute Gasteiger partial charge is 0.0894 e. The van der Waals surface area contributed by atoms with Gasteiger partial charge in [0.05, 0.1) is 6.67 Å². The zero-order valence-electron chi connectivity index (χ0n) is 14.6. The first-order valence-electron chi connectivity index (χ1n) is 9.24. The van der Waals surface area contributed by atoms with E-state index in [0.717, 1.165) is 24.4 Å². The largest absolute Gasteiger partial charge is 0.388 e. The van der Waals surface area contributed by atoms with Crippen LogP contribution in [0.5, 0.6) is 0 Å². The second-order valence-corrected chi connectivity index (χ2v) is 7.00. The van der Waals surface area contributed by atoms with Gasteiger partial charge in [0.25, 0.3) is 0 Å². The van der Waals surface area contributed by atoms with Gasteiger partial charge < -0.3 is 5.32 Å². The number of anilines is 1. The maximum Gasteiger partial charge on any atom is 0.0894 e. The Morgan fingerprint density at radius 3 is 2.00 bits per heavy atom. The van der Waals surface area contributed by atoms with E-state index < -0.39 is 0 Å². The van der Waals surface area contributed by atoms with Crippen molar-refractivity contribution >= 4 is 5.69 Å². The monoisotopic (exact) mass is 325 g/mol. The van der Waals surface area contributed by atoms with Crippen molar-refractivity contribution in [1.82, 2.24) is 0 Å². The third kappa shape index (κ3) is 4.17. The summed E-state index contributed by atoms with van der Waals surface area (Å²) in [6.07, 6.45) is 6.86. The molecule has 3 rings (SSSR count). The van der Waals surface area contributed by atoms with E-state index in [0.29, 0.717) is 5.92 Å². The molecule has 1 nitrogen and oxygen atoms in total. The highest BCUT2D eigenvalue weighted by atomic mass is 19.1. The van der Waals surface area contributed by atoms with Gasteiger partial charge in [-0.1, -0.05) is 36.4 Å². The Kier molecular flexibility index (Phi) is 5.90. The molecule has 1 aliphatic rings. The molecule has 0 spiro atoms. The second-order valence-electron chi connectivity index (χ2n) is 7.00. The third-order valence-electron chi connectivity index (χ3n) is 5.48.